The van der Waals surface area contributed by atoms with Crippen LogP contribution in [0.25, 0.3) is 0 Å². The molecule has 3 heterocycles. The number of piperidine rings is 1. The molecule has 0 saturated carbocycles. The highest BCUT2D eigenvalue weighted by molar-refractivity contribution is 5.91. The van der Waals surface area contributed by atoms with Crippen LogP contribution in [0.3, 0.4) is 0 Å². The molecule has 6 heteroatoms. The summed E-state index contributed by atoms with van der Waals surface area (Å²) in [6, 6.07) is 3.27. The van der Waals surface area contributed by atoms with E-state index in [4.69, 9.17) is 4.42 Å². The molecule has 2 saturated heterocycles. The lowest BCUT2D eigenvalue weighted by Crippen LogP contribution is -2.53. The second-order valence-electron chi connectivity index (χ2n) is 4.86. The lowest BCUT2D eigenvalue weighted by molar-refractivity contribution is 0.0636. The Labute approximate surface area is 104 Å². The third-order valence-corrected chi connectivity index (χ3v) is 3.71. The first kappa shape index (κ1) is 11.1. The molecule has 0 bridgehead atoms. The standard InChI is InChI=1S/C12H15N3O3/c16-10(9-2-1-7-18-9)15-5-3-12(4-6-15)8-13-11(17)14-12/h1-2,7H,3-6,8H2,(H2,13,14,17). The highest BCUT2D eigenvalue weighted by Gasteiger charge is 2.41. The maximum atomic E-state index is 12.1. The van der Waals surface area contributed by atoms with Gasteiger partial charge in [-0.3, -0.25) is 4.79 Å². The average Bonchev–Trinajstić information content (AvgIpc) is 3.00. The zero-order valence-corrected chi connectivity index (χ0v) is 9.94. The fourth-order valence-electron chi connectivity index (χ4n) is 2.57. The SMILES string of the molecule is O=C1NCC2(CCN(C(=O)c3ccco3)CC2)N1. The number of amides is 3. The van der Waals surface area contributed by atoms with Crippen LogP contribution in [0.15, 0.2) is 22.8 Å². The van der Waals surface area contributed by atoms with Crippen LogP contribution in [-0.4, -0.2) is 42.0 Å². The van der Waals surface area contributed by atoms with Crippen molar-refractivity contribution in [2.75, 3.05) is 19.6 Å². The van der Waals surface area contributed by atoms with Gasteiger partial charge in [0.2, 0.25) is 0 Å². The summed E-state index contributed by atoms with van der Waals surface area (Å²) in [5, 5.41) is 5.73. The zero-order valence-electron chi connectivity index (χ0n) is 9.94. The Hall–Kier alpha value is -1.98. The van der Waals surface area contributed by atoms with Crippen LogP contribution in [0.2, 0.25) is 0 Å². The summed E-state index contributed by atoms with van der Waals surface area (Å²) < 4.78 is 5.11. The maximum Gasteiger partial charge on any atom is 0.315 e. The molecule has 0 atom stereocenters. The van der Waals surface area contributed by atoms with Crippen molar-refractivity contribution in [3.8, 4) is 0 Å². The maximum absolute atomic E-state index is 12.1. The van der Waals surface area contributed by atoms with E-state index in [1.165, 1.54) is 6.26 Å². The minimum Gasteiger partial charge on any atom is -0.459 e. The quantitative estimate of drug-likeness (QED) is 0.764. The van der Waals surface area contributed by atoms with E-state index in [2.05, 4.69) is 10.6 Å². The monoisotopic (exact) mass is 249 g/mol. The first-order chi connectivity index (χ1) is 8.69. The molecule has 3 rings (SSSR count). The molecule has 1 aromatic heterocycles. The van der Waals surface area contributed by atoms with Crippen molar-refractivity contribution < 1.29 is 14.0 Å². The van der Waals surface area contributed by atoms with E-state index in [0.717, 1.165) is 12.8 Å². The largest absolute Gasteiger partial charge is 0.459 e. The molecular weight excluding hydrogens is 234 g/mol. The molecule has 6 nitrogen and oxygen atoms in total. The summed E-state index contributed by atoms with van der Waals surface area (Å²) in [7, 11) is 0. The predicted octanol–water partition coefficient (Wildman–Crippen LogP) is 0.567. The van der Waals surface area contributed by atoms with Crippen molar-refractivity contribution in [3.63, 3.8) is 0 Å². The molecule has 96 valence electrons. The fraction of sp³-hybridized carbons (Fsp3) is 0.500. The number of rotatable bonds is 1. The van der Waals surface area contributed by atoms with Crippen LogP contribution < -0.4 is 10.6 Å². The van der Waals surface area contributed by atoms with Crippen molar-refractivity contribution in [2.24, 2.45) is 0 Å². The minimum absolute atomic E-state index is 0.0767. The first-order valence-electron chi connectivity index (χ1n) is 6.07. The van der Waals surface area contributed by atoms with Crippen LogP contribution in [0.4, 0.5) is 4.79 Å². The number of hydrogen-bond donors (Lipinski definition) is 2. The molecule has 0 aliphatic carbocycles. The second kappa shape index (κ2) is 4.04. The number of carbonyl (C=O) groups is 2. The lowest BCUT2D eigenvalue weighted by atomic mass is 9.88. The lowest BCUT2D eigenvalue weighted by Gasteiger charge is -2.38. The molecule has 2 fully saturated rings. The third-order valence-electron chi connectivity index (χ3n) is 3.71. The van der Waals surface area contributed by atoms with Gasteiger partial charge in [-0.25, -0.2) is 4.79 Å². The number of likely N-dealkylation sites (tertiary alicyclic amines) is 1. The summed E-state index contributed by atoms with van der Waals surface area (Å²) in [6.45, 7) is 1.93. The number of furan rings is 1. The Balaban J connectivity index is 1.64. The van der Waals surface area contributed by atoms with Gasteiger partial charge in [0.1, 0.15) is 0 Å². The Morgan fingerprint density at radius 2 is 2.17 bits per heavy atom. The van der Waals surface area contributed by atoms with Crippen molar-refractivity contribution in [3.05, 3.63) is 24.2 Å². The Morgan fingerprint density at radius 3 is 2.72 bits per heavy atom. The van der Waals surface area contributed by atoms with Gasteiger partial charge in [-0.05, 0) is 25.0 Å². The van der Waals surface area contributed by atoms with Crippen molar-refractivity contribution >= 4 is 11.9 Å². The van der Waals surface area contributed by atoms with Crippen LogP contribution in [0.1, 0.15) is 23.4 Å². The van der Waals surface area contributed by atoms with Crippen molar-refractivity contribution in [1.29, 1.82) is 0 Å². The van der Waals surface area contributed by atoms with Crippen LogP contribution >= 0.6 is 0 Å². The van der Waals surface area contributed by atoms with E-state index in [1.807, 2.05) is 0 Å². The molecule has 2 aliphatic heterocycles. The first-order valence-corrected chi connectivity index (χ1v) is 6.07. The zero-order chi connectivity index (χ0) is 12.6. The summed E-state index contributed by atoms with van der Waals surface area (Å²) >= 11 is 0. The van der Waals surface area contributed by atoms with E-state index in [1.54, 1.807) is 17.0 Å². The van der Waals surface area contributed by atoms with E-state index in [0.29, 0.717) is 25.4 Å². The van der Waals surface area contributed by atoms with E-state index >= 15 is 0 Å². The molecule has 18 heavy (non-hydrogen) atoms. The van der Waals surface area contributed by atoms with Gasteiger partial charge in [0.25, 0.3) is 5.91 Å². The molecule has 2 aliphatic rings. The second-order valence-corrected chi connectivity index (χ2v) is 4.86. The van der Waals surface area contributed by atoms with Crippen molar-refractivity contribution in [1.82, 2.24) is 15.5 Å². The topological polar surface area (TPSA) is 74.6 Å². The van der Waals surface area contributed by atoms with Crippen LogP contribution in [-0.2, 0) is 0 Å². The predicted molar refractivity (Wildman–Crippen MR) is 63.1 cm³/mol. The molecule has 2 N–H and O–H groups in total. The molecule has 0 radical (unpaired) electrons. The molecule has 0 aromatic carbocycles. The fourth-order valence-corrected chi connectivity index (χ4v) is 2.57. The molecule has 3 amide bonds. The Bertz CT molecular complexity index is 461. The van der Waals surface area contributed by atoms with Gasteiger partial charge in [-0.2, -0.15) is 0 Å². The summed E-state index contributed by atoms with van der Waals surface area (Å²) in [6.07, 6.45) is 3.05. The Kier molecular flexibility index (Phi) is 2.50. The number of nitrogens with zero attached hydrogens (tertiary/aromatic N) is 1. The minimum atomic E-state index is -0.170. The highest BCUT2D eigenvalue weighted by Crippen LogP contribution is 2.25. The van der Waals surface area contributed by atoms with Gasteiger partial charge in [0, 0.05) is 19.6 Å². The van der Waals surface area contributed by atoms with Gasteiger partial charge in [0.05, 0.1) is 11.8 Å². The van der Waals surface area contributed by atoms with Crippen LogP contribution in [0.5, 0.6) is 0 Å². The molecular formula is C12H15N3O3. The highest BCUT2D eigenvalue weighted by atomic mass is 16.3. The Morgan fingerprint density at radius 1 is 1.39 bits per heavy atom. The van der Waals surface area contributed by atoms with E-state index in [-0.39, 0.29) is 17.5 Å². The average molecular weight is 249 g/mol. The van der Waals surface area contributed by atoms with E-state index < -0.39 is 0 Å². The summed E-state index contributed by atoms with van der Waals surface area (Å²) in [5.74, 6) is 0.298. The summed E-state index contributed by atoms with van der Waals surface area (Å²) in [4.78, 5) is 25.0. The summed E-state index contributed by atoms with van der Waals surface area (Å²) in [5.41, 5.74) is -0.170. The number of carbonyl (C=O) groups excluding carboxylic acids is 2. The molecule has 1 aromatic rings. The molecule has 1 spiro atoms. The van der Waals surface area contributed by atoms with Crippen molar-refractivity contribution in [2.45, 2.75) is 18.4 Å². The van der Waals surface area contributed by atoms with Gasteiger partial charge < -0.3 is 20.0 Å². The number of hydrogen-bond acceptors (Lipinski definition) is 3. The number of urea groups is 1. The smallest absolute Gasteiger partial charge is 0.315 e. The van der Waals surface area contributed by atoms with Crippen LogP contribution in [0, 0.1) is 0 Å². The van der Waals surface area contributed by atoms with E-state index in [9.17, 15) is 9.59 Å². The molecule has 0 unspecified atom stereocenters. The van der Waals surface area contributed by atoms with Gasteiger partial charge in [-0.15, -0.1) is 0 Å². The number of nitrogens with one attached hydrogen (secondary N) is 2. The van der Waals surface area contributed by atoms with Gasteiger partial charge in [-0.1, -0.05) is 0 Å². The third kappa shape index (κ3) is 1.83. The normalized spacial score (nSPS) is 21.8. The van der Waals surface area contributed by atoms with Gasteiger partial charge >= 0.3 is 6.03 Å². The van der Waals surface area contributed by atoms with Gasteiger partial charge in [0.15, 0.2) is 5.76 Å².